The molecule has 1 aromatic heterocycles. The maximum atomic E-state index is 12.7. The molecule has 0 bridgehead atoms. The molecule has 1 atom stereocenters. The van der Waals surface area contributed by atoms with E-state index in [1.54, 1.807) is 30.3 Å². The minimum Gasteiger partial charge on any atom is -0.439 e. The summed E-state index contributed by atoms with van der Waals surface area (Å²) in [5.74, 6) is 0.791. The van der Waals surface area contributed by atoms with Gasteiger partial charge in [0.15, 0.2) is 0 Å². The first-order valence-corrected chi connectivity index (χ1v) is 10.1. The molecule has 0 spiro atoms. The lowest BCUT2D eigenvalue weighted by Crippen LogP contribution is -2.26. The molecule has 4 rings (SSSR count). The van der Waals surface area contributed by atoms with Gasteiger partial charge in [-0.2, -0.15) is 0 Å². The fourth-order valence-corrected chi connectivity index (χ4v) is 3.20. The van der Waals surface area contributed by atoms with Crippen molar-refractivity contribution in [1.29, 1.82) is 0 Å². The standard InChI is InChI=1S/C26H23N3O2/c1-18-11-13-20(14-12-18)19(2)29-26(30)22-9-6-10-23(15-22)31-25-16-24(27-17-28-25)21-7-4-3-5-8-21/h3-17,19H,1-2H3,(H,29,30)/t19-/m0/s1. The first-order valence-electron chi connectivity index (χ1n) is 10.1. The van der Waals surface area contributed by atoms with Gasteiger partial charge in [0.25, 0.3) is 5.91 Å². The van der Waals surface area contributed by atoms with E-state index in [1.807, 2.05) is 68.4 Å². The normalized spacial score (nSPS) is 11.5. The lowest BCUT2D eigenvalue weighted by molar-refractivity contribution is 0.0939. The Labute approximate surface area is 181 Å². The van der Waals surface area contributed by atoms with Crippen LogP contribution in [-0.2, 0) is 0 Å². The van der Waals surface area contributed by atoms with Crippen LogP contribution in [0.25, 0.3) is 11.3 Å². The lowest BCUT2D eigenvalue weighted by atomic mass is 10.1. The van der Waals surface area contributed by atoms with Crippen LogP contribution in [0.5, 0.6) is 11.6 Å². The molecule has 0 aliphatic rings. The Morgan fingerprint density at radius 1 is 0.903 bits per heavy atom. The largest absolute Gasteiger partial charge is 0.439 e. The molecule has 0 aliphatic carbocycles. The number of benzene rings is 3. The second-order valence-corrected chi connectivity index (χ2v) is 7.34. The molecule has 3 aromatic carbocycles. The molecule has 0 fully saturated rings. The fraction of sp³-hybridized carbons (Fsp3) is 0.115. The fourth-order valence-electron chi connectivity index (χ4n) is 3.20. The van der Waals surface area contributed by atoms with Crippen LogP contribution in [0.15, 0.2) is 91.3 Å². The second-order valence-electron chi connectivity index (χ2n) is 7.34. The summed E-state index contributed by atoms with van der Waals surface area (Å²) in [6, 6.07) is 26.7. The average molecular weight is 409 g/mol. The number of hydrogen-bond acceptors (Lipinski definition) is 4. The van der Waals surface area contributed by atoms with Crippen molar-refractivity contribution in [3.05, 3.63) is 108 Å². The number of aryl methyl sites for hydroxylation is 1. The number of nitrogens with zero attached hydrogens (tertiary/aromatic N) is 2. The van der Waals surface area contributed by atoms with Crippen molar-refractivity contribution >= 4 is 5.91 Å². The highest BCUT2D eigenvalue weighted by molar-refractivity contribution is 5.94. The lowest BCUT2D eigenvalue weighted by Gasteiger charge is -2.15. The summed E-state index contributed by atoms with van der Waals surface area (Å²) >= 11 is 0. The molecule has 0 saturated carbocycles. The third-order valence-corrected chi connectivity index (χ3v) is 4.96. The Bertz CT molecular complexity index is 1170. The zero-order valence-electron chi connectivity index (χ0n) is 17.4. The Morgan fingerprint density at radius 2 is 1.68 bits per heavy atom. The topological polar surface area (TPSA) is 64.1 Å². The van der Waals surface area contributed by atoms with Crippen LogP contribution in [0, 0.1) is 6.92 Å². The molecule has 0 saturated heterocycles. The van der Waals surface area contributed by atoms with Crippen molar-refractivity contribution in [1.82, 2.24) is 15.3 Å². The van der Waals surface area contributed by atoms with Crippen LogP contribution < -0.4 is 10.1 Å². The van der Waals surface area contributed by atoms with E-state index >= 15 is 0 Å². The van der Waals surface area contributed by atoms with Crippen molar-refractivity contribution in [2.24, 2.45) is 0 Å². The van der Waals surface area contributed by atoms with Crippen LogP contribution in [-0.4, -0.2) is 15.9 Å². The van der Waals surface area contributed by atoms with Crippen LogP contribution >= 0.6 is 0 Å². The minimum atomic E-state index is -0.161. The molecule has 0 aliphatic heterocycles. The van der Waals surface area contributed by atoms with Crippen molar-refractivity contribution < 1.29 is 9.53 Å². The molecular weight excluding hydrogens is 386 g/mol. The minimum absolute atomic E-state index is 0.104. The maximum absolute atomic E-state index is 12.7. The van der Waals surface area contributed by atoms with Crippen LogP contribution in [0.3, 0.4) is 0 Å². The predicted molar refractivity (Wildman–Crippen MR) is 121 cm³/mol. The van der Waals surface area contributed by atoms with E-state index in [0.29, 0.717) is 17.2 Å². The van der Waals surface area contributed by atoms with Gasteiger partial charge in [-0.25, -0.2) is 9.97 Å². The summed E-state index contributed by atoms with van der Waals surface area (Å²) in [6.45, 7) is 4.01. The Hall–Kier alpha value is -3.99. The zero-order chi connectivity index (χ0) is 21.6. The number of ether oxygens (including phenoxy) is 1. The number of nitrogens with one attached hydrogen (secondary N) is 1. The van der Waals surface area contributed by atoms with Gasteiger partial charge in [0, 0.05) is 17.2 Å². The monoisotopic (exact) mass is 409 g/mol. The highest BCUT2D eigenvalue weighted by atomic mass is 16.5. The highest BCUT2D eigenvalue weighted by Crippen LogP contribution is 2.24. The molecule has 31 heavy (non-hydrogen) atoms. The molecule has 5 heteroatoms. The first-order chi connectivity index (χ1) is 15.1. The van der Waals surface area contributed by atoms with Gasteiger partial charge in [-0.05, 0) is 37.6 Å². The number of hydrogen-bond donors (Lipinski definition) is 1. The number of amides is 1. The SMILES string of the molecule is Cc1ccc([C@H](C)NC(=O)c2cccc(Oc3cc(-c4ccccc4)ncn3)c2)cc1. The van der Waals surface area contributed by atoms with Gasteiger partial charge in [-0.3, -0.25) is 4.79 Å². The summed E-state index contributed by atoms with van der Waals surface area (Å²) in [5.41, 5.74) is 4.52. The molecule has 5 nitrogen and oxygen atoms in total. The van der Waals surface area contributed by atoms with Crippen molar-refractivity contribution in [3.8, 4) is 22.9 Å². The smallest absolute Gasteiger partial charge is 0.251 e. The number of rotatable bonds is 6. The van der Waals surface area contributed by atoms with Gasteiger partial charge in [-0.1, -0.05) is 66.2 Å². The molecule has 1 N–H and O–H groups in total. The van der Waals surface area contributed by atoms with Crippen molar-refractivity contribution in [3.63, 3.8) is 0 Å². The quantitative estimate of drug-likeness (QED) is 0.441. The van der Waals surface area contributed by atoms with Crippen molar-refractivity contribution in [2.45, 2.75) is 19.9 Å². The van der Waals surface area contributed by atoms with E-state index in [4.69, 9.17) is 4.74 Å². The van der Waals surface area contributed by atoms with Gasteiger partial charge >= 0.3 is 0 Å². The highest BCUT2D eigenvalue weighted by Gasteiger charge is 2.13. The maximum Gasteiger partial charge on any atom is 0.251 e. The van der Waals surface area contributed by atoms with Crippen molar-refractivity contribution in [2.75, 3.05) is 0 Å². The van der Waals surface area contributed by atoms with Gasteiger partial charge in [0.05, 0.1) is 11.7 Å². The summed E-state index contributed by atoms with van der Waals surface area (Å²) in [6.07, 6.45) is 1.47. The molecule has 1 heterocycles. The molecular formula is C26H23N3O2. The molecule has 4 aromatic rings. The number of aromatic nitrogens is 2. The second kappa shape index (κ2) is 9.22. The van der Waals surface area contributed by atoms with E-state index < -0.39 is 0 Å². The van der Waals surface area contributed by atoms with E-state index in [-0.39, 0.29) is 11.9 Å². The van der Waals surface area contributed by atoms with Crippen LogP contribution in [0.2, 0.25) is 0 Å². The third-order valence-electron chi connectivity index (χ3n) is 4.96. The summed E-state index contributed by atoms with van der Waals surface area (Å²) in [7, 11) is 0. The summed E-state index contributed by atoms with van der Waals surface area (Å²) in [5, 5.41) is 3.03. The van der Waals surface area contributed by atoms with E-state index in [0.717, 1.165) is 16.8 Å². The van der Waals surface area contributed by atoms with Gasteiger partial charge in [0.2, 0.25) is 5.88 Å². The Balaban J connectivity index is 1.47. The molecule has 1 amide bonds. The number of carbonyl (C=O) groups is 1. The van der Waals surface area contributed by atoms with E-state index in [1.165, 1.54) is 11.9 Å². The van der Waals surface area contributed by atoms with Gasteiger partial charge < -0.3 is 10.1 Å². The average Bonchev–Trinajstić information content (AvgIpc) is 2.80. The van der Waals surface area contributed by atoms with Gasteiger partial charge in [-0.15, -0.1) is 0 Å². The van der Waals surface area contributed by atoms with Crippen LogP contribution in [0.4, 0.5) is 0 Å². The summed E-state index contributed by atoms with van der Waals surface area (Å²) < 4.78 is 5.90. The Kier molecular flexibility index (Phi) is 6.03. The number of carbonyl (C=O) groups excluding carboxylic acids is 1. The predicted octanol–water partition coefficient (Wildman–Crippen LogP) is 5.74. The van der Waals surface area contributed by atoms with Crippen LogP contribution in [0.1, 0.15) is 34.5 Å². The summed E-state index contributed by atoms with van der Waals surface area (Å²) in [4.78, 5) is 21.3. The zero-order valence-corrected chi connectivity index (χ0v) is 17.4. The first kappa shape index (κ1) is 20.3. The van der Waals surface area contributed by atoms with Gasteiger partial charge in [0.1, 0.15) is 12.1 Å². The Morgan fingerprint density at radius 3 is 2.45 bits per heavy atom. The van der Waals surface area contributed by atoms with E-state index in [9.17, 15) is 4.79 Å². The molecule has 0 unspecified atom stereocenters. The third kappa shape index (κ3) is 5.14. The molecule has 0 radical (unpaired) electrons. The molecule has 154 valence electrons. The van der Waals surface area contributed by atoms with E-state index in [2.05, 4.69) is 15.3 Å².